The second-order valence-electron chi connectivity index (χ2n) is 7.31. The van der Waals surface area contributed by atoms with Gasteiger partial charge in [0.15, 0.2) is 23.0 Å². The summed E-state index contributed by atoms with van der Waals surface area (Å²) < 4.78 is 39.7. The number of aryl methyl sites for hydroxylation is 1. The molecule has 0 spiro atoms. The highest BCUT2D eigenvalue weighted by atomic mass is 19.4. The molecule has 5 rings (SSSR count). The van der Waals surface area contributed by atoms with Gasteiger partial charge in [-0.1, -0.05) is 0 Å². The SMILES string of the molecule is Cc1nnc2ccc(N3CC4CN(c5ccc(C(F)(F)F)nn5)CC4C3)nn12. The molecule has 0 aromatic carbocycles. The van der Waals surface area contributed by atoms with E-state index in [1.54, 1.807) is 4.52 Å². The molecule has 146 valence electrons. The molecule has 5 heterocycles. The molecule has 0 N–H and O–H groups in total. The standard InChI is InChI=1S/C17H17F3N8/c1-10-21-24-15-4-5-16(25-28(10)15)27-8-11-6-26(7-12(11)9-27)14-3-2-13(22-23-14)17(18,19)20/h2-5,11-12H,6-9H2,1H3. The Kier molecular flexibility index (Phi) is 3.68. The lowest BCUT2D eigenvalue weighted by Crippen LogP contribution is -2.30. The van der Waals surface area contributed by atoms with Gasteiger partial charge >= 0.3 is 6.18 Å². The third-order valence-electron chi connectivity index (χ3n) is 5.48. The summed E-state index contributed by atoms with van der Waals surface area (Å²) in [5, 5.41) is 19.8. The van der Waals surface area contributed by atoms with Gasteiger partial charge in [0.2, 0.25) is 0 Å². The molecular formula is C17H17F3N8. The lowest BCUT2D eigenvalue weighted by molar-refractivity contribution is -0.141. The zero-order valence-corrected chi connectivity index (χ0v) is 15.0. The van der Waals surface area contributed by atoms with Crippen molar-refractivity contribution in [3.05, 3.63) is 35.8 Å². The highest BCUT2D eigenvalue weighted by Crippen LogP contribution is 2.35. The Labute approximate surface area is 158 Å². The van der Waals surface area contributed by atoms with Gasteiger partial charge < -0.3 is 9.80 Å². The minimum Gasteiger partial charge on any atom is -0.354 e. The van der Waals surface area contributed by atoms with Gasteiger partial charge in [-0.2, -0.15) is 17.7 Å². The number of anilines is 2. The van der Waals surface area contributed by atoms with Crippen LogP contribution in [0.15, 0.2) is 24.3 Å². The van der Waals surface area contributed by atoms with Crippen LogP contribution in [0.25, 0.3) is 5.65 Å². The van der Waals surface area contributed by atoms with Crippen LogP contribution in [0, 0.1) is 18.8 Å². The average molecular weight is 390 g/mol. The van der Waals surface area contributed by atoms with Gasteiger partial charge in [-0.25, -0.2) is 0 Å². The van der Waals surface area contributed by atoms with Crippen LogP contribution < -0.4 is 9.80 Å². The van der Waals surface area contributed by atoms with Crippen molar-refractivity contribution in [3.63, 3.8) is 0 Å². The molecule has 11 heteroatoms. The first-order chi connectivity index (χ1) is 13.4. The summed E-state index contributed by atoms with van der Waals surface area (Å²) in [7, 11) is 0. The lowest BCUT2D eigenvalue weighted by atomic mass is 10.0. The smallest absolute Gasteiger partial charge is 0.354 e. The molecule has 28 heavy (non-hydrogen) atoms. The summed E-state index contributed by atoms with van der Waals surface area (Å²) in [6.45, 7) is 5.03. The molecule has 2 fully saturated rings. The Morgan fingerprint density at radius 1 is 0.821 bits per heavy atom. The fraction of sp³-hybridized carbons (Fsp3) is 0.471. The van der Waals surface area contributed by atoms with E-state index in [2.05, 4.69) is 30.4 Å². The minimum absolute atomic E-state index is 0.406. The Morgan fingerprint density at radius 2 is 1.46 bits per heavy atom. The zero-order chi connectivity index (χ0) is 19.5. The average Bonchev–Trinajstić information content (AvgIpc) is 3.34. The highest BCUT2D eigenvalue weighted by Gasteiger charge is 2.41. The van der Waals surface area contributed by atoms with Crippen molar-refractivity contribution in [2.45, 2.75) is 13.1 Å². The normalized spacial score (nSPS) is 22.3. The van der Waals surface area contributed by atoms with E-state index in [9.17, 15) is 13.2 Å². The summed E-state index contributed by atoms with van der Waals surface area (Å²) in [5.41, 5.74) is -0.250. The second kappa shape index (κ2) is 6.01. The molecule has 3 aromatic heterocycles. The van der Waals surface area contributed by atoms with Crippen LogP contribution in [0.2, 0.25) is 0 Å². The second-order valence-corrected chi connectivity index (χ2v) is 7.31. The van der Waals surface area contributed by atoms with Crippen molar-refractivity contribution >= 4 is 17.3 Å². The summed E-state index contributed by atoms with van der Waals surface area (Å²) in [6, 6.07) is 6.24. The van der Waals surface area contributed by atoms with Crippen molar-refractivity contribution in [1.29, 1.82) is 0 Å². The van der Waals surface area contributed by atoms with Crippen molar-refractivity contribution < 1.29 is 13.2 Å². The number of alkyl halides is 3. The van der Waals surface area contributed by atoms with Gasteiger partial charge in [0.05, 0.1) is 0 Å². The van der Waals surface area contributed by atoms with Crippen LogP contribution in [-0.4, -0.2) is 56.2 Å². The molecule has 2 aliphatic rings. The van der Waals surface area contributed by atoms with Gasteiger partial charge in [-0.15, -0.1) is 25.5 Å². The predicted molar refractivity (Wildman–Crippen MR) is 94.0 cm³/mol. The van der Waals surface area contributed by atoms with E-state index in [1.807, 2.05) is 24.0 Å². The molecule has 0 saturated carbocycles. The molecule has 2 unspecified atom stereocenters. The van der Waals surface area contributed by atoms with Gasteiger partial charge in [0.25, 0.3) is 0 Å². The highest BCUT2D eigenvalue weighted by molar-refractivity contribution is 5.48. The number of rotatable bonds is 2. The maximum atomic E-state index is 12.7. The third kappa shape index (κ3) is 2.81. The van der Waals surface area contributed by atoms with Crippen LogP contribution in [0.3, 0.4) is 0 Å². The first-order valence-corrected chi connectivity index (χ1v) is 8.98. The number of nitrogens with zero attached hydrogens (tertiary/aromatic N) is 8. The molecule has 0 aliphatic carbocycles. The van der Waals surface area contributed by atoms with Gasteiger partial charge in [-0.3, -0.25) is 0 Å². The quantitative estimate of drug-likeness (QED) is 0.661. The van der Waals surface area contributed by atoms with E-state index in [-0.39, 0.29) is 0 Å². The number of hydrogen-bond acceptors (Lipinski definition) is 7. The van der Waals surface area contributed by atoms with Crippen molar-refractivity contribution in [2.24, 2.45) is 11.8 Å². The maximum absolute atomic E-state index is 12.7. The summed E-state index contributed by atoms with van der Waals surface area (Å²) >= 11 is 0. The monoisotopic (exact) mass is 390 g/mol. The van der Waals surface area contributed by atoms with Crippen LogP contribution >= 0.6 is 0 Å². The summed E-state index contributed by atoms with van der Waals surface area (Å²) in [6.07, 6.45) is -4.47. The van der Waals surface area contributed by atoms with E-state index < -0.39 is 11.9 Å². The Hall–Kier alpha value is -2.98. The molecule has 0 radical (unpaired) electrons. The number of hydrogen-bond donors (Lipinski definition) is 0. The van der Waals surface area contributed by atoms with Crippen LogP contribution in [0.5, 0.6) is 0 Å². The topological polar surface area (TPSA) is 75.3 Å². The number of halogens is 3. The molecule has 3 aromatic rings. The number of aromatic nitrogens is 6. The molecular weight excluding hydrogens is 373 g/mol. The fourth-order valence-electron chi connectivity index (χ4n) is 4.07. The van der Waals surface area contributed by atoms with E-state index >= 15 is 0 Å². The lowest BCUT2D eigenvalue weighted by Gasteiger charge is -2.22. The maximum Gasteiger partial charge on any atom is 0.435 e. The molecule has 2 atom stereocenters. The molecule has 8 nitrogen and oxygen atoms in total. The van der Waals surface area contributed by atoms with Gasteiger partial charge in [0.1, 0.15) is 5.82 Å². The molecule has 0 bridgehead atoms. The van der Waals surface area contributed by atoms with E-state index in [1.165, 1.54) is 6.07 Å². The largest absolute Gasteiger partial charge is 0.435 e. The summed E-state index contributed by atoms with van der Waals surface area (Å²) in [5.74, 6) is 2.93. The van der Waals surface area contributed by atoms with Crippen LogP contribution in [0.1, 0.15) is 11.5 Å². The first kappa shape index (κ1) is 17.1. The Morgan fingerprint density at radius 3 is 2.07 bits per heavy atom. The van der Waals surface area contributed by atoms with Crippen LogP contribution in [0.4, 0.5) is 24.8 Å². The van der Waals surface area contributed by atoms with E-state index in [0.29, 0.717) is 23.3 Å². The predicted octanol–water partition coefficient (Wildman–Crippen LogP) is 1.81. The van der Waals surface area contributed by atoms with Gasteiger partial charge in [0, 0.05) is 38.0 Å². The molecule has 2 saturated heterocycles. The fourth-order valence-corrected chi connectivity index (χ4v) is 4.07. The van der Waals surface area contributed by atoms with Crippen molar-refractivity contribution in [1.82, 2.24) is 30.0 Å². The van der Waals surface area contributed by atoms with E-state index in [0.717, 1.165) is 43.9 Å². The van der Waals surface area contributed by atoms with Crippen molar-refractivity contribution in [2.75, 3.05) is 36.0 Å². The Bertz CT molecular complexity index is 1000. The van der Waals surface area contributed by atoms with E-state index in [4.69, 9.17) is 0 Å². The first-order valence-electron chi connectivity index (χ1n) is 8.98. The van der Waals surface area contributed by atoms with Gasteiger partial charge in [-0.05, 0) is 31.2 Å². The van der Waals surface area contributed by atoms with Crippen molar-refractivity contribution in [3.8, 4) is 0 Å². The Balaban J connectivity index is 1.28. The third-order valence-corrected chi connectivity index (χ3v) is 5.48. The minimum atomic E-state index is -4.47. The summed E-state index contributed by atoms with van der Waals surface area (Å²) in [4.78, 5) is 4.25. The molecule has 2 aliphatic heterocycles. The van der Waals surface area contributed by atoms with Crippen LogP contribution in [-0.2, 0) is 6.18 Å². The number of fused-ring (bicyclic) bond motifs is 2. The molecule has 0 amide bonds. The zero-order valence-electron chi connectivity index (χ0n) is 15.0.